The molecule has 7 atom stereocenters. The minimum atomic E-state index is -1.04. The summed E-state index contributed by atoms with van der Waals surface area (Å²) in [5, 5.41) is 12.6. The van der Waals surface area contributed by atoms with Crippen LogP contribution in [0.3, 0.4) is 0 Å². The fourth-order valence-corrected chi connectivity index (χ4v) is 16.1. The smallest absolute Gasteiger partial charge is 0.311 e. The zero-order valence-electron chi connectivity index (χ0n) is 55.7. The van der Waals surface area contributed by atoms with Crippen molar-refractivity contribution in [2.45, 2.75) is 333 Å². The molecule has 5 fully saturated rings. The third-order valence-corrected chi connectivity index (χ3v) is 21.8. The van der Waals surface area contributed by atoms with E-state index in [1.165, 1.54) is 140 Å². The molecule has 2 spiro atoms. The van der Waals surface area contributed by atoms with E-state index >= 15 is 0 Å². The van der Waals surface area contributed by atoms with E-state index in [1.807, 2.05) is 13.0 Å². The van der Waals surface area contributed by atoms with E-state index in [0.717, 1.165) is 102 Å². The largest absolute Gasteiger partial charge is 0.482 e. The van der Waals surface area contributed by atoms with Crippen molar-refractivity contribution in [3.63, 3.8) is 0 Å². The maximum Gasteiger partial charge on any atom is 0.311 e. The zero-order valence-corrected chi connectivity index (χ0v) is 55.7. The number of aliphatic hydroxyl groups is 1. The molecule has 87 heavy (non-hydrogen) atoms. The number of nitrogens with zero attached hydrogens (tertiary/aromatic N) is 1. The van der Waals surface area contributed by atoms with Crippen molar-refractivity contribution in [2.24, 2.45) is 22.7 Å². The summed E-state index contributed by atoms with van der Waals surface area (Å²) in [6.45, 7) is 14.5. The van der Waals surface area contributed by atoms with Gasteiger partial charge in [-0.05, 0) is 107 Å². The number of esters is 5. The Labute approximate surface area is 525 Å². The Kier molecular flexibility index (Phi) is 28.1. The lowest BCUT2D eigenvalue weighted by Gasteiger charge is -2.75. The van der Waals surface area contributed by atoms with Gasteiger partial charge in [-0.2, -0.15) is 0 Å². The van der Waals surface area contributed by atoms with Crippen LogP contribution in [0.2, 0.25) is 0 Å². The lowest BCUT2D eigenvalue weighted by atomic mass is 9.33. The number of benzene rings is 1. The number of piperidine rings is 1. The Morgan fingerprint density at radius 1 is 0.609 bits per heavy atom. The Morgan fingerprint density at radius 3 is 1.62 bits per heavy atom. The third kappa shape index (κ3) is 18.7. The SMILES string of the molecule is CCCCCCCCCCCCCCCC(=O)OCC(COC(=O)CCCCCCCCCCCCCCC)OC(=O)CCC(=O)OCCCCC(=O)Oc1ccc2c3c1O[C@H]1[C@]4(OC)CC[C@@]5(C[C@@H]4[C@](C)(O)C(C)(C)C)C(C2)N(CC2CC2)CC[C@]315. The lowest BCUT2D eigenvalue weighted by Crippen LogP contribution is -2.83. The predicted octanol–water partition coefficient (Wildman–Crippen LogP) is 16.1. The van der Waals surface area contributed by atoms with Crippen LogP contribution >= 0.6 is 0 Å². The molecular weight excluding hydrogens is 1100 g/mol. The van der Waals surface area contributed by atoms with Gasteiger partial charge in [0.05, 0.1) is 25.0 Å². The van der Waals surface area contributed by atoms with Crippen molar-refractivity contribution in [1.82, 2.24) is 4.90 Å². The average Bonchev–Trinajstić information content (AvgIpc) is 1.60. The fraction of sp³-hybridized carbons (Fsp3) is 0.849. The number of ether oxygens (including phenoxy) is 7. The molecule has 1 unspecified atom stereocenters. The predicted molar refractivity (Wildman–Crippen MR) is 341 cm³/mol. The van der Waals surface area contributed by atoms with E-state index in [9.17, 15) is 29.1 Å². The summed E-state index contributed by atoms with van der Waals surface area (Å²) < 4.78 is 42.5. The molecule has 8 rings (SSSR count). The second-order valence-electron chi connectivity index (χ2n) is 28.9. The molecule has 4 saturated carbocycles. The van der Waals surface area contributed by atoms with Gasteiger partial charge in [-0.15, -0.1) is 0 Å². The number of carbonyl (C=O) groups excluding carboxylic acids is 5. The molecule has 4 bridgehead atoms. The van der Waals surface area contributed by atoms with Gasteiger partial charge in [-0.1, -0.05) is 195 Å². The van der Waals surface area contributed by atoms with Crippen molar-refractivity contribution in [1.29, 1.82) is 0 Å². The Hall–Kier alpha value is -3.75. The van der Waals surface area contributed by atoms with Gasteiger partial charge in [-0.3, -0.25) is 28.9 Å². The van der Waals surface area contributed by atoms with E-state index in [4.69, 9.17) is 33.2 Å². The first kappa shape index (κ1) is 70.7. The number of carbonyl (C=O) groups is 5. The van der Waals surface area contributed by atoms with E-state index in [2.05, 4.69) is 45.6 Å². The number of fused-ring (bicyclic) bond motifs is 2. The number of hydrogen-bond donors (Lipinski definition) is 1. The summed E-state index contributed by atoms with van der Waals surface area (Å²) in [5.41, 5.74) is -0.187. The van der Waals surface area contributed by atoms with Gasteiger partial charge in [0.2, 0.25) is 0 Å². The first-order valence-electron chi connectivity index (χ1n) is 35.7. The summed E-state index contributed by atoms with van der Waals surface area (Å²) >= 11 is 0. The highest BCUT2D eigenvalue weighted by Crippen LogP contribution is 2.78. The maximum atomic E-state index is 13.7. The van der Waals surface area contributed by atoms with Crippen LogP contribution in [0.25, 0.3) is 0 Å². The van der Waals surface area contributed by atoms with Gasteiger partial charge in [0.25, 0.3) is 0 Å². The molecule has 1 saturated heterocycles. The standard InChI is InChI=1S/C73H119NO13/c1-8-10-12-14-16-18-20-22-24-26-28-30-32-36-61(75)83-53-57(54-84-62(76)37-33-31-29-27-25-23-21-19-17-15-13-11-9-2)85-65(79)44-43-63(77)82-49-35-34-38-64(78)86-58-42-41-56-50-60-71-45-46-73(81-7,59(51-71)70(6,80)69(3,4)5)68-72(71,66(56)67(58)87-68)47-48-74(60)52-55-39-40-55/h41-42,55,57,59-60,68,80H,8-40,43-54H2,1-7H3/t59-,60?,68-,70+,71-,72+,73+/m1/s1. The van der Waals surface area contributed by atoms with Crippen LogP contribution in [0.5, 0.6) is 11.5 Å². The summed E-state index contributed by atoms with van der Waals surface area (Å²) in [7, 11) is 1.80. The highest BCUT2D eigenvalue weighted by atomic mass is 16.6. The van der Waals surface area contributed by atoms with E-state index in [-0.39, 0.29) is 86.7 Å². The Morgan fingerprint density at radius 2 is 1.10 bits per heavy atom. The monoisotopic (exact) mass is 1220 g/mol. The first-order chi connectivity index (χ1) is 42.0. The molecule has 1 aromatic carbocycles. The second kappa shape index (κ2) is 34.6. The topological polar surface area (TPSA) is 173 Å². The van der Waals surface area contributed by atoms with Crippen molar-refractivity contribution in [2.75, 3.05) is 40.0 Å². The highest BCUT2D eigenvalue weighted by molar-refractivity contribution is 5.78. The molecule has 0 radical (unpaired) electrons. The van der Waals surface area contributed by atoms with E-state index < -0.39 is 40.6 Å². The first-order valence-corrected chi connectivity index (χ1v) is 35.7. The van der Waals surface area contributed by atoms with Crippen molar-refractivity contribution in [3.05, 3.63) is 23.3 Å². The van der Waals surface area contributed by atoms with Gasteiger partial charge < -0.3 is 38.3 Å². The third-order valence-electron chi connectivity index (χ3n) is 21.8. The van der Waals surface area contributed by atoms with Crippen LogP contribution in [-0.4, -0.2) is 109 Å². The average molecular weight is 1220 g/mol. The van der Waals surface area contributed by atoms with Gasteiger partial charge in [0.15, 0.2) is 17.6 Å². The van der Waals surface area contributed by atoms with Crippen molar-refractivity contribution in [3.8, 4) is 11.5 Å². The molecule has 2 aliphatic heterocycles. The molecule has 14 heteroatoms. The molecule has 0 amide bonds. The molecule has 14 nitrogen and oxygen atoms in total. The number of hydrogen-bond acceptors (Lipinski definition) is 14. The molecule has 2 heterocycles. The Balaban J connectivity index is 0.829. The lowest BCUT2D eigenvalue weighted by molar-refractivity contribution is -0.312. The number of methoxy groups -OCH3 is 1. The second-order valence-corrected chi connectivity index (χ2v) is 28.9. The number of rotatable bonds is 46. The number of likely N-dealkylation sites (tertiary alicyclic amines) is 1. The van der Waals surface area contributed by atoms with Crippen LogP contribution in [0.15, 0.2) is 12.1 Å². The summed E-state index contributed by atoms with van der Waals surface area (Å²) in [4.78, 5) is 68.0. The molecule has 7 aliphatic rings. The van der Waals surface area contributed by atoms with E-state index in [1.54, 1.807) is 7.11 Å². The minimum Gasteiger partial charge on any atom is -0.482 e. The highest BCUT2D eigenvalue weighted by Gasteiger charge is 2.82. The van der Waals surface area contributed by atoms with Crippen LogP contribution in [0.4, 0.5) is 0 Å². The summed E-state index contributed by atoms with van der Waals surface area (Å²) in [6.07, 6.45) is 38.0. The molecule has 0 aromatic heterocycles. The molecule has 5 aliphatic carbocycles. The van der Waals surface area contributed by atoms with E-state index in [0.29, 0.717) is 30.4 Å². The van der Waals surface area contributed by atoms with Gasteiger partial charge >= 0.3 is 29.8 Å². The Bertz CT molecular complexity index is 2260. The zero-order chi connectivity index (χ0) is 62.3. The minimum absolute atomic E-state index is 0.0607. The molecular formula is C73H119NO13. The van der Waals surface area contributed by atoms with Crippen LogP contribution in [-0.2, 0) is 59.5 Å². The van der Waals surface area contributed by atoms with Gasteiger partial charge in [0.1, 0.15) is 24.9 Å². The van der Waals surface area contributed by atoms with Crippen LogP contribution in [0, 0.1) is 22.7 Å². The van der Waals surface area contributed by atoms with Crippen LogP contribution in [0.1, 0.15) is 303 Å². The normalized spacial score (nSPS) is 24.1. The quantitative estimate of drug-likeness (QED) is 0.0283. The summed E-state index contributed by atoms with van der Waals surface area (Å²) in [5.74, 6) is -0.773. The molecule has 1 N–H and O–H groups in total. The van der Waals surface area contributed by atoms with Gasteiger partial charge in [-0.25, -0.2) is 0 Å². The maximum absolute atomic E-state index is 13.7. The van der Waals surface area contributed by atoms with Gasteiger partial charge in [0, 0.05) is 61.3 Å². The summed E-state index contributed by atoms with van der Waals surface area (Å²) in [6, 6.07) is 4.38. The number of unbranched alkanes of at least 4 members (excludes halogenated alkanes) is 25. The molecule has 494 valence electrons. The van der Waals surface area contributed by atoms with Crippen molar-refractivity contribution >= 4 is 29.8 Å². The fourth-order valence-electron chi connectivity index (χ4n) is 16.1. The van der Waals surface area contributed by atoms with Crippen molar-refractivity contribution < 1.29 is 62.2 Å². The van der Waals surface area contributed by atoms with Crippen LogP contribution < -0.4 is 9.47 Å². The molecule has 1 aromatic rings.